The largest absolute Gasteiger partial charge is 0.294 e. The Balaban J connectivity index is 0.00000432. The Labute approximate surface area is 227 Å². The minimum atomic E-state index is -0.0866. The summed E-state index contributed by atoms with van der Waals surface area (Å²) in [7, 11) is 0. The average molecular weight is 561 g/mol. The second-order valence-corrected chi connectivity index (χ2v) is 10.6. The van der Waals surface area contributed by atoms with Gasteiger partial charge in [-0.15, -0.1) is 12.4 Å². The quantitative estimate of drug-likeness (QED) is 0.105. The number of carbonyl (C=O) groups excluding carboxylic acids is 1. The van der Waals surface area contributed by atoms with Gasteiger partial charge in [0.15, 0.2) is 5.78 Å². The van der Waals surface area contributed by atoms with E-state index in [1.54, 1.807) is 0 Å². The van der Waals surface area contributed by atoms with E-state index < -0.39 is 0 Å². The van der Waals surface area contributed by atoms with Crippen LogP contribution in [-0.2, 0) is 0 Å². The molecule has 0 fully saturated rings. The first kappa shape index (κ1) is 29.8. The highest BCUT2D eigenvalue weighted by Gasteiger charge is 2.22. The van der Waals surface area contributed by atoms with Crippen LogP contribution in [-0.4, -0.2) is 29.8 Å². The number of ketones is 1. The number of hydrogen-bond acceptors (Lipinski definition) is 2. The fraction of sp³-hybridized carbons (Fsp3) is 0.516. The Morgan fingerprint density at radius 1 is 0.771 bits per heavy atom. The van der Waals surface area contributed by atoms with Crippen molar-refractivity contribution in [2.24, 2.45) is 0 Å². The molecule has 1 atom stereocenters. The zero-order chi connectivity index (χ0) is 24.3. The van der Waals surface area contributed by atoms with Crippen molar-refractivity contribution in [1.82, 2.24) is 4.90 Å². The smallest absolute Gasteiger partial charge is 0.179 e. The minimum Gasteiger partial charge on any atom is -0.294 e. The van der Waals surface area contributed by atoms with Crippen molar-refractivity contribution in [2.75, 3.05) is 13.1 Å². The maximum absolute atomic E-state index is 13.7. The van der Waals surface area contributed by atoms with Crippen LogP contribution in [0.15, 0.2) is 53.0 Å². The second kappa shape index (κ2) is 15.6. The molecule has 0 N–H and O–H groups in total. The molecule has 0 bridgehead atoms. The number of Topliss-reactive ketones (excluding diaryl/α,β-unsaturated/α-hetero) is 1. The first-order valence-electron chi connectivity index (χ1n) is 13.5. The fourth-order valence-corrected chi connectivity index (χ4v) is 5.54. The summed E-state index contributed by atoms with van der Waals surface area (Å²) in [6.45, 7) is 8.68. The van der Waals surface area contributed by atoms with Gasteiger partial charge in [0, 0.05) is 10.0 Å². The lowest BCUT2D eigenvalue weighted by atomic mass is 9.96. The molecule has 0 radical (unpaired) electrons. The summed E-state index contributed by atoms with van der Waals surface area (Å²) in [6.07, 6.45) is 12.7. The zero-order valence-electron chi connectivity index (χ0n) is 21.8. The molecule has 3 aromatic rings. The molecule has 2 nitrogen and oxygen atoms in total. The minimum absolute atomic E-state index is 0. The molecule has 3 rings (SSSR count). The van der Waals surface area contributed by atoms with E-state index in [2.05, 4.69) is 84.1 Å². The fourth-order valence-electron chi connectivity index (χ4n) is 4.95. The van der Waals surface area contributed by atoms with E-state index >= 15 is 0 Å². The molecule has 0 aliphatic carbocycles. The molecule has 35 heavy (non-hydrogen) atoms. The highest BCUT2D eigenvalue weighted by atomic mass is 79.9. The Kier molecular flexibility index (Phi) is 13.3. The monoisotopic (exact) mass is 559 g/mol. The van der Waals surface area contributed by atoms with Crippen LogP contribution in [0.5, 0.6) is 0 Å². The maximum Gasteiger partial charge on any atom is 0.179 e. The summed E-state index contributed by atoms with van der Waals surface area (Å²) in [6, 6.07) is 16.7. The van der Waals surface area contributed by atoms with E-state index in [0.717, 1.165) is 28.5 Å². The molecule has 1 unspecified atom stereocenters. The Bertz CT molecular complexity index is 1050. The molecule has 4 heteroatoms. The number of carbonyl (C=O) groups is 1. The topological polar surface area (TPSA) is 20.3 Å². The number of nitrogens with zero attached hydrogens (tertiary/aromatic N) is 1. The van der Waals surface area contributed by atoms with Gasteiger partial charge in [-0.1, -0.05) is 118 Å². The molecule has 192 valence electrons. The van der Waals surface area contributed by atoms with Gasteiger partial charge < -0.3 is 0 Å². The van der Waals surface area contributed by atoms with Crippen molar-refractivity contribution in [3.63, 3.8) is 0 Å². The Morgan fingerprint density at radius 3 is 1.94 bits per heavy atom. The van der Waals surface area contributed by atoms with Gasteiger partial charge in [-0.3, -0.25) is 9.69 Å². The van der Waals surface area contributed by atoms with E-state index in [9.17, 15) is 4.79 Å². The Morgan fingerprint density at radius 2 is 1.34 bits per heavy atom. The third-order valence-corrected chi connectivity index (χ3v) is 7.78. The molecule has 0 amide bonds. The number of unbranched alkanes of at least 4 members (excludes halogenated alkanes) is 8. The predicted octanol–water partition coefficient (Wildman–Crippen LogP) is 9.99. The van der Waals surface area contributed by atoms with Crippen LogP contribution >= 0.6 is 28.3 Å². The van der Waals surface area contributed by atoms with Crippen LogP contribution in [0.3, 0.4) is 0 Å². The summed E-state index contributed by atoms with van der Waals surface area (Å²) in [5, 5.41) is 4.70. The summed E-state index contributed by atoms with van der Waals surface area (Å²) < 4.78 is 1.10. The van der Waals surface area contributed by atoms with Crippen molar-refractivity contribution < 1.29 is 4.79 Å². The molecule has 3 aromatic carbocycles. The molecule has 0 aliphatic rings. The zero-order valence-corrected chi connectivity index (χ0v) is 24.2. The van der Waals surface area contributed by atoms with Gasteiger partial charge in [0.25, 0.3) is 0 Å². The predicted molar refractivity (Wildman–Crippen MR) is 159 cm³/mol. The van der Waals surface area contributed by atoms with Crippen molar-refractivity contribution in [3.05, 3.63) is 58.6 Å². The third-order valence-electron chi connectivity index (χ3n) is 7.12. The van der Waals surface area contributed by atoms with Gasteiger partial charge in [0.2, 0.25) is 0 Å². The second-order valence-electron chi connectivity index (χ2n) is 9.74. The highest BCUT2D eigenvalue weighted by molar-refractivity contribution is 9.10. The normalized spacial score (nSPS) is 12.3. The van der Waals surface area contributed by atoms with E-state index in [1.165, 1.54) is 80.4 Å². The molecule has 0 aromatic heterocycles. The van der Waals surface area contributed by atoms with Crippen LogP contribution in [0.4, 0.5) is 0 Å². The molecule has 0 saturated carbocycles. The van der Waals surface area contributed by atoms with Gasteiger partial charge in [-0.25, -0.2) is 0 Å². The maximum atomic E-state index is 13.7. The number of hydrogen-bond donors (Lipinski definition) is 0. The number of fused-ring (bicyclic) bond motifs is 3. The first-order valence-corrected chi connectivity index (χ1v) is 14.2. The molecule has 0 heterocycles. The van der Waals surface area contributed by atoms with E-state index in [0.29, 0.717) is 0 Å². The van der Waals surface area contributed by atoms with E-state index in [-0.39, 0.29) is 24.2 Å². The molecule has 0 spiro atoms. The van der Waals surface area contributed by atoms with Gasteiger partial charge in [-0.05, 0) is 66.5 Å². The summed E-state index contributed by atoms with van der Waals surface area (Å²) in [5.41, 5.74) is 0.828. The summed E-state index contributed by atoms with van der Waals surface area (Å²) in [4.78, 5) is 16.1. The third kappa shape index (κ3) is 8.30. The molecular weight excluding hydrogens is 518 g/mol. The molecular formula is C31H43BrClNO. The molecule has 0 aliphatic heterocycles. The van der Waals surface area contributed by atoms with Crippen molar-refractivity contribution in [3.8, 4) is 0 Å². The SMILES string of the molecule is CCCCCCCN(CCCCCCC)C(C)C(=O)c1ccc2cc(Br)c3ccccc3c2c1.Cl. The van der Waals surface area contributed by atoms with E-state index in [1.807, 2.05) is 6.07 Å². The van der Waals surface area contributed by atoms with Gasteiger partial charge in [0.1, 0.15) is 0 Å². The van der Waals surface area contributed by atoms with Crippen LogP contribution in [0.2, 0.25) is 0 Å². The van der Waals surface area contributed by atoms with Crippen molar-refractivity contribution in [1.29, 1.82) is 0 Å². The lowest BCUT2D eigenvalue weighted by Gasteiger charge is -2.28. The van der Waals surface area contributed by atoms with Gasteiger partial charge >= 0.3 is 0 Å². The van der Waals surface area contributed by atoms with Gasteiger partial charge in [0.05, 0.1) is 6.04 Å². The summed E-state index contributed by atoms with van der Waals surface area (Å²) in [5.74, 6) is 0.246. The standard InChI is InChI=1S/C31H42BrNO.ClH/c1-4-6-8-10-14-20-33(21-15-11-9-7-5-2)24(3)31(34)26-19-18-25-23-30(32)28-17-13-12-16-27(28)29(25)22-26;/h12-13,16-19,22-24H,4-11,14-15,20-21H2,1-3H3;1H. The lowest BCUT2D eigenvalue weighted by Crippen LogP contribution is -2.40. The van der Waals surface area contributed by atoms with Gasteiger partial charge in [-0.2, -0.15) is 0 Å². The number of benzene rings is 3. The lowest BCUT2D eigenvalue weighted by molar-refractivity contribution is 0.0832. The van der Waals surface area contributed by atoms with E-state index in [4.69, 9.17) is 0 Å². The molecule has 0 saturated heterocycles. The van der Waals surface area contributed by atoms with Crippen molar-refractivity contribution in [2.45, 2.75) is 91.0 Å². The average Bonchev–Trinajstić information content (AvgIpc) is 2.86. The van der Waals surface area contributed by atoms with Crippen LogP contribution in [0.25, 0.3) is 21.5 Å². The van der Waals surface area contributed by atoms with Crippen LogP contribution < -0.4 is 0 Å². The number of halogens is 2. The van der Waals surface area contributed by atoms with Crippen LogP contribution in [0, 0.1) is 0 Å². The van der Waals surface area contributed by atoms with Crippen LogP contribution in [0.1, 0.15) is 95.3 Å². The highest BCUT2D eigenvalue weighted by Crippen LogP contribution is 2.32. The number of rotatable bonds is 15. The Hall–Kier alpha value is -1.42. The first-order chi connectivity index (χ1) is 16.6. The van der Waals surface area contributed by atoms with Crippen molar-refractivity contribution >= 4 is 55.7 Å². The summed E-state index contributed by atoms with van der Waals surface area (Å²) >= 11 is 3.71.